The van der Waals surface area contributed by atoms with Crippen molar-refractivity contribution in [2.75, 3.05) is 26.3 Å². The minimum absolute atomic E-state index is 0.105. The molecule has 0 radical (unpaired) electrons. The molecule has 4 N–H and O–H groups in total. The molecule has 4 atom stereocenters. The Morgan fingerprint density at radius 2 is 2.07 bits per heavy atom. The summed E-state index contributed by atoms with van der Waals surface area (Å²) in [4.78, 5) is 18.6. The number of β-amino-alcohol motifs (C(OH)–C–C–N with tert-alkyl or cyclic N) is 1. The molecule has 0 aliphatic carbocycles. The van der Waals surface area contributed by atoms with Gasteiger partial charge in [-0.05, 0) is 31.9 Å². The van der Waals surface area contributed by atoms with Crippen molar-refractivity contribution >= 4 is 5.91 Å². The van der Waals surface area contributed by atoms with Gasteiger partial charge in [0.1, 0.15) is 24.4 Å². The predicted molar refractivity (Wildman–Crippen MR) is 98.2 cm³/mol. The number of hydrogen-bond acceptors (Lipinski definition) is 7. The van der Waals surface area contributed by atoms with Crippen molar-refractivity contribution in [1.29, 1.82) is 0 Å². The largest absolute Gasteiger partial charge is 0.394 e. The van der Waals surface area contributed by atoms with Crippen molar-refractivity contribution < 1.29 is 30.0 Å². The zero-order chi connectivity index (χ0) is 19.8. The monoisotopic (exact) mass is 382 g/mol. The van der Waals surface area contributed by atoms with Crippen LogP contribution < -0.4 is 0 Å². The van der Waals surface area contributed by atoms with Gasteiger partial charge < -0.3 is 30.1 Å². The normalized spacial score (nSPS) is 26.7. The van der Waals surface area contributed by atoms with Crippen LogP contribution in [0.4, 0.5) is 0 Å². The molecule has 0 unspecified atom stereocenters. The Balaban J connectivity index is 2.19. The van der Waals surface area contributed by atoms with Gasteiger partial charge in [0.25, 0.3) is 5.91 Å². The molecule has 1 aliphatic heterocycles. The van der Waals surface area contributed by atoms with E-state index < -0.39 is 31.0 Å². The topological polar surface area (TPSA) is 123 Å². The fraction of sp³-hybridized carbons (Fsp3) is 0.684. The molecule has 27 heavy (non-hydrogen) atoms. The summed E-state index contributed by atoms with van der Waals surface area (Å²) in [6.45, 7) is 1.82. The van der Waals surface area contributed by atoms with Crippen molar-refractivity contribution in [3.05, 3.63) is 29.6 Å². The van der Waals surface area contributed by atoms with E-state index >= 15 is 0 Å². The number of amides is 1. The molecule has 8 heteroatoms. The second-order valence-corrected chi connectivity index (χ2v) is 6.95. The van der Waals surface area contributed by atoms with Crippen molar-refractivity contribution in [3.8, 4) is 0 Å². The van der Waals surface area contributed by atoms with E-state index in [1.54, 1.807) is 25.3 Å². The number of aryl methyl sites for hydroxylation is 1. The summed E-state index contributed by atoms with van der Waals surface area (Å²) in [5.74, 6) is -0.260. The Morgan fingerprint density at radius 1 is 1.33 bits per heavy atom. The van der Waals surface area contributed by atoms with E-state index in [0.29, 0.717) is 24.4 Å². The highest BCUT2D eigenvalue weighted by Crippen LogP contribution is 2.16. The summed E-state index contributed by atoms with van der Waals surface area (Å²) in [5, 5.41) is 40.1. The molecule has 2 rings (SSSR count). The van der Waals surface area contributed by atoms with Gasteiger partial charge in [-0.3, -0.25) is 9.78 Å². The standard InChI is InChI=1S/C19H30N2O6/c1-13-14(7-6-8-20-13)19(26)21-9-4-2-3-5-10-27-18(16(24)12-22)17(25)15(23)11-21/h6-8,15-18,22-25H,2-5,9-12H2,1H3/t15-,16+,17+,18+/m0/s1. The number of hydrogen-bond donors (Lipinski definition) is 4. The van der Waals surface area contributed by atoms with Crippen LogP contribution in [0.3, 0.4) is 0 Å². The lowest BCUT2D eigenvalue weighted by Crippen LogP contribution is -2.52. The Kier molecular flexibility index (Phi) is 8.59. The number of pyridine rings is 1. The van der Waals surface area contributed by atoms with Crippen LogP contribution in [0.25, 0.3) is 0 Å². The van der Waals surface area contributed by atoms with Crippen LogP contribution in [0.5, 0.6) is 0 Å². The number of nitrogens with zero attached hydrogens (tertiary/aromatic N) is 2. The predicted octanol–water partition coefficient (Wildman–Crippen LogP) is -0.134. The van der Waals surface area contributed by atoms with E-state index in [9.17, 15) is 25.2 Å². The maximum absolute atomic E-state index is 12.9. The molecule has 8 nitrogen and oxygen atoms in total. The van der Waals surface area contributed by atoms with Crippen molar-refractivity contribution in [2.24, 2.45) is 0 Å². The number of aliphatic hydroxyl groups excluding tert-OH is 4. The van der Waals surface area contributed by atoms with Crippen LogP contribution in [0.2, 0.25) is 0 Å². The fourth-order valence-electron chi connectivity index (χ4n) is 3.23. The fourth-order valence-corrected chi connectivity index (χ4v) is 3.23. The van der Waals surface area contributed by atoms with Crippen molar-refractivity contribution in [1.82, 2.24) is 9.88 Å². The van der Waals surface area contributed by atoms with Gasteiger partial charge in [0.15, 0.2) is 0 Å². The van der Waals surface area contributed by atoms with Crippen LogP contribution in [0, 0.1) is 6.92 Å². The molecule has 0 saturated carbocycles. The van der Waals surface area contributed by atoms with E-state index in [2.05, 4.69) is 4.98 Å². The van der Waals surface area contributed by atoms with Gasteiger partial charge in [-0.25, -0.2) is 0 Å². The number of carbonyl (C=O) groups is 1. The number of ether oxygens (including phenoxy) is 1. The maximum Gasteiger partial charge on any atom is 0.255 e. The number of rotatable bonds is 3. The highest BCUT2D eigenvalue weighted by Gasteiger charge is 2.34. The molecule has 2 heterocycles. The summed E-state index contributed by atoms with van der Waals surface area (Å²) in [6.07, 6.45) is -0.306. The third-order valence-corrected chi connectivity index (χ3v) is 4.86. The summed E-state index contributed by atoms with van der Waals surface area (Å²) in [5.41, 5.74) is 1.05. The summed E-state index contributed by atoms with van der Waals surface area (Å²) in [6, 6.07) is 3.37. The quantitative estimate of drug-likeness (QED) is 0.574. The second-order valence-electron chi connectivity index (χ2n) is 6.95. The first-order valence-corrected chi connectivity index (χ1v) is 9.43. The first kappa shape index (κ1) is 21.7. The molecule has 1 aliphatic rings. The van der Waals surface area contributed by atoms with Crippen LogP contribution in [0.1, 0.15) is 41.7 Å². The Morgan fingerprint density at radius 3 is 2.78 bits per heavy atom. The molecular weight excluding hydrogens is 352 g/mol. The van der Waals surface area contributed by atoms with E-state index in [1.807, 2.05) is 0 Å². The molecule has 1 aromatic heterocycles. The molecule has 0 aromatic carbocycles. The van der Waals surface area contributed by atoms with Gasteiger partial charge in [0.2, 0.25) is 0 Å². The first-order valence-electron chi connectivity index (χ1n) is 9.43. The highest BCUT2D eigenvalue weighted by atomic mass is 16.5. The lowest BCUT2D eigenvalue weighted by Gasteiger charge is -2.33. The van der Waals surface area contributed by atoms with E-state index in [-0.39, 0.29) is 12.5 Å². The third kappa shape index (κ3) is 5.95. The van der Waals surface area contributed by atoms with Crippen molar-refractivity contribution in [3.63, 3.8) is 0 Å². The smallest absolute Gasteiger partial charge is 0.255 e. The average molecular weight is 382 g/mol. The molecule has 0 bridgehead atoms. The summed E-state index contributed by atoms with van der Waals surface area (Å²) < 4.78 is 5.52. The minimum atomic E-state index is -1.43. The molecule has 0 spiro atoms. The molecule has 1 amide bonds. The molecule has 1 aromatic rings. The highest BCUT2D eigenvalue weighted by molar-refractivity contribution is 5.95. The van der Waals surface area contributed by atoms with Gasteiger partial charge in [-0.15, -0.1) is 0 Å². The number of carbonyl (C=O) groups excluding carboxylic acids is 1. The van der Waals surface area contributed by atoms with Gasteiger partial charge in [-0.1, -0.05) is 12.8 Å². The van der Waals surface area contributed by atoms with Crippen LogP contribution in [-0.2, 0) is 4.74 Å². The van der Waals surface area contributed by atoms with Gasteiger partial charge in [0, 0.05) is 31.6 Å². The third-order valence-electron chi connectivity index (χ3n) is 4.86. The van der Waals surface area contributed by atoms with Crippen LogP contribution in [0.15, 0.2) is 18.3 Å². The van der Waals surface area contributed by atoms with E-state index in [0.717, 1.165) is 25.7 Å². The number of aliphatic hydroxyl groups is 4. The zero-order valence-electron chi connectivity index (χ0n) is 15.7. The summed E-state index contributed by atoms with van der Waals surface area (Å²) >= 11 is 0. The molecular formula is C19H30N2O6. The maximum atomic E-state index is 12.9. The van der Waals surface area contributed by atoms with Crippen LogP contribution >= 0.6 is 0 Å². The average Bonchev–Trinajstić information content (AvgIpc) is 2.67. The van der Waals surface area contributed by atoms with Crippen molar-refractivity contribution in [2.45, 2.75) is 57.0 Å². The van der Waals surface area contributed by atoms with Gasteiger partial charge >= 0.3 is 0 Å². The Hall–Kier alpha value is -1.58. The Bertz CT molecular complexity index is 599. The second kappa shape index (κ2) is 10.7. The van der Waals surface area contributed by atoms with E-state index in [4.69, 9.17) is 4.74 Å². The first-order chi connectivity index (χ1) is 13.0. The zero-order valence-corrected chi connectivity index (χ0v) is 15.7. The lowest BCUT2D eigenvalue weighted by atomic mass is 10.0. The van der Waals surface area contributed by atoms with Gasteiger partial charge in [0.05, 0.1) is 12.2 Å². The summed E-state index contributed by atoms with van der Waals surface area (Å²) in [7, 11) is 0. The van der Waals surface area contributed by atoms with Gasteiger partial charge in [-0.2, -0.15) is 0 Å². The molecule has 1 fully saturated rings. The van der Waals surface area contributed by atoms with Crippen LogP contribution in [-0.4, -0.2) is 86.9 Å². The Labute approximate surface area is 159 Å². The molecule has 1 saturated heterocycles. The molecule has 152 valence electrons. The lowest BCUT2D eigenvalue weighted by molar-refractivity contribution is -0.145. The minimum Gasteiger partial charge on any atom is -0.394 e. The SMILES string of the molecule is Cc1ncccc1C(=O)N1CCCCCCO[C@H]([C@H](O)CO)[C@H](O)[C@@H](O)C1. The number of aromatic nitrogens is 1. The van der Waals surface area contributed by atoms with E-state index in [1.165, 1.54) is 4.90 Å².